The molecule has 0 heterocycles. The number of nitrogens with zero attached hydrogens (tertiary/aromatic N) is 1. The van der Waals surface area contributed by atoms with Crippen molar-refractivity contribution in [1.82, 2.24) is 5.43 Å². The summed E-state index contributed by atoms with van der Waals surface area (Å²) in [4.78, 5) is 11.3. The Balaban J connectivity index is 2.60. The molecule has 0 aliphatic heterocycles. The Morgan fingerprint density at radius 2 is 2.17 bits per heavy atom. The largest absolute Gasteiger partial charge is 0.507 e. The number of aromatic hydroxyl groups is 1. The van der Waals surface area contributed by atoms with Gasteiger partial charge >= 0.3 is 6.09 Å². The van der Waals surface area contributed by atoms with Crippen molar-refractivity contribution >= 4 is 28.2 Å². The molecule has 6 heteroatoms. The molecule has 1 aromatic rings. The maximum atomic E-state index is 11.3. The molecule has 0 radical (unpaired) electrons. The number of amides is 1. The average molecular weight is 315 g/mol. The highest BCUT2D eigenvalue weighted by molar-refractivity contribution is 9.10. The standard InChI is InChI=1S/C12H15BrN2O3/c1-12(2,3)18-11(17)15-14-7-8-6-9(13)4-5-10(8)16/h4-7,16H,1-3H3,(H,15,17). The number of ether oxygens (including phenoxy) is 1. The molecule has 1 aromatic carbocycles. The predicted molar refractivity (Wildman–Crippen MR) is 72.8 cm³/mol. The lowest BCUT2D eigenvalue weighted by molar-refractivity contribution is 0.0529. The van der Waals surface area contributed by atoms with Gasteiger partial charge in [0.15, 0.2) is 0 Å². The zero-order valence-electron chi connectivity index (χ0n) is 10.4. The number of carbonyl (C=O) groups is 1. The van der Waals surface area contributed by atoms with Crippen LogP contribution in [0.3, 0.4) is 0 Å². The van der Waals surface area contributed by atoms with E-state index in [9.17, 15) is 9.90 Å². The molecule has 0 saturated heterocycles. The van der Waals surface area contributed by atoms with E-state index in [1.807, 2.05) is 0 Å². The Labute approximate surface area is 114 Å². The maximum Gasteiger partial charge on any atom is 0.428 e. The zero-order chi connectivity index (χ0) is 13.8. The highest BCUT2D eigenvalue weighted by Crippen LogP contribution is 2.19. The number of hydrogen-bond donors (Lipinski definition) is 2. The summed E-state index contributed by atoms with van der Waals surface area (Å²) < 4.78 is 5.80. The summed E-state index contributed by atoms with van der Waals surface area (Å²) in [6.45, 7) is 5.28. The number of halogens is 1. The summed E-state index contributed by atoms with van der Waals surface area (Å²) >= 11 is 3.27. The molecule has 0 fully saturated rings. The molecule has 0 aromatic heterocycles. The lowest BCUT2D eigenvalue weighted by atomic mass is 10.2. The van der Waals surface area contributed by atoms with Crippen LogP contribution in [0.1, 0.15) is 26.3 Å². The van der Waals surface area contributed by atoms with Crippen LogP contribution in [0.15, 0.2) is 27.8 Å². The molecule has 1 amide bonds. The fourth-order valence-corrected chi connectivity index (χ4v) is 1.46. The fraction of sp³-hybridized carbons (Fsp3) is 0.333. The minimum Gasteiger partial charge on any atom is -0.507 e. The molecule has 0 unspecified atom stereocenters. The number of phenols is 1. The Kier molecular flexibility index (Phi) is 4.72. The van der Waals surface area contributed by atoms with Gasteiger partial charge in [-0.15, -0.1) is 0 Å². The van der Waals surface area contributed by atoms with Crippen molar-refractivity contribution in [3.8, 4) is 5.75 Å². The SMILES string of the molecule is CC(C)(C)OC(=O)NN=Cc1cc(Br)ccc1O. The van der Waals surface area contributed by atoms with Crippen LogP contribution in [0.25, 0.3) is 0 Å². The molecular weight excluding hydrogens is 300 g/mol. The van der Waals surface area contributed by atoms with Crippen LogP contribution < -0.4 is 5.43 Å². The summed E-state index contributed by atoms with van der Waals surface area (Å²) in [5.74, 6) is 0.0768. The van der Waals surface area contributed by atoms with E-state index >= 15 is 0 Å². The Morgan fingerprint density at radius 1 is 1.50 bits per heavy atom. The number of carbonyl (C=O) groups excluding carboxylic acids is 1. The first-order chi connectivity index (χ1) is 8.28. The molecule has 18 heavy (non-hydrogen) atoms. The van der Waals surface area contributed by atoms with Crippen molar-refractivity contribution in [2.24, 2.45) is 5.10 Å². The smallest absolute Gasteiger partial charge is 0.428 e. The van der Waals surface area contributed by atoms with Gasteiger partial charge < -0.3 is 9.84 Å². The van der Waals surface area contributed by atoms with Crippen molar-refractivity contribution in [2.75, 3.05) is 0 Å². The quantitative estimate of drug-likeness (QED) is 0.651. The van der Waals surface area contributed by atoms with Crippen molar-refractivity contribution < 1.29 is 14.6 Å². The van der Waals surface area contributed by atoms with E-state index < -0.39 is 11.7 Å². The van der Waals surface area contributed by atoms with E-state index in [0.29, 0.717) is 5.56 Å². The van der Waals surface area contributed by atoms with Crippen LogP contribution in [0.4, 0.5) is 4.79 Å². The van der Waals surface area contributed by atoms with E-state index in [-0.39, 0.29) is 5.75 Å². The summed E-state index contributed by atoms with van der Waals surface area (Å²) in [6, 6.07) is 4.91. The molecule has 2 N–H and O–H groups in total. The molecule has 0 spiro atoms. The lowest BCUT2D eigenvalue weighted by Crippen LogP contribution is -2.29. The lowest BCUT2D eigenvalue weighted by Gasteiger charge is -2.18. The van der Waals surface area contributed by atoms with Gasteiger partial charge in [-0.25, -0.2) is 10.2 Å². The predicted octanol–water partition coefficient (Wildman–Crippen LogP) is 3.01. The molecule has 5 nitrogen and oxygen atoms in total. The molecular formula is C12H15BrN2O3. The van der Waals surface area contributed by atoms with Crippen LogP contribution in [-0.4, -0.2) is 23.0 Å². The number of rotatable bonds is 2. The van der Waals surface area contributed by atoms with Gasteiger partial charge in [0.25, 0.3) is 0 Å². The summed E-state index contributed by atoms with van der Waals surface area (Å²) in [5.41, 5.74) is 2.13. The molecule has 0 saturated carbocycles. The van der Waals surface area contributed by atoms with Gasteiger partial charge in [-0.05, 0) is 39.0 Å². The topological polar surface area (TPSA) is 70.9 Å². The first kappa shape index (κ1) is 14.5. The van der Waals surface area contributed by atoms with Crippen molar-refractivity contribution in [1.29, 1.82) is 0 Å². The van der Waals surface area contributed by atoms with Crippen LogP contribution in [0.5, 0.6) is 5.75 Å². The third-order valence-electron chi connectivity index (χ3n) is 1.75. The van der Waals surface area contributed by atoms with E-state index in [2.05, 4.69) is 26.5 Å². The second-order valence-corrected chi connectivity index (χ2v) is 5.49. The normalized spacial score (nSPS) is 11.6. The summed E-state index contributed by atoms with van der Waals surface area (Å²) in [6.07, 6.45) is 0.692. The average Bonchev–Trinajstić information content (AvgIpc) is 2.20. The van der Waals surface area contributed by atoms with E-state index in [1.165, 1.54) is 12.3 Å². The highest BCUT2D eigenvalue weighted by atomic mass is 79.9. The molecule has 0 atom stereocenters. The number of benzene rings is 1. The van der Waals surface area contributed by atoms with Gasteiger partial charge in [-0.2, -0.15) is 5.10 Å². The van der Waals surface area contributed by atoms with Gasteiger partial charge in [-0.1, -0.05) is 15.9 Å². The number of phenolic OH excluding ortho intramolecular Hbond substituents is 1. The third-order valence-corrected chi connectivity index (χ3v) is 2.24. The van der Waals surface area contributed by atoms with Crippen LogP contribution in [-0.2, 0) is 4.74 Å². The van der Waals surface area contributed by atoms with Gasteiger partial charge in [0.05, 0.1) is 6.21 Å². The first-order valence-corrected chi connectivity index (χ1v) is 6.08. The Hall–Kier alpha value is -1.56. The van der Waals surface area contributed by atoms with Crippen molar-refractivity contribution in [3.05, 3.63) is 28.2 Å². The van der Waals surface area contributed by atoms with E-state index in [1.54, 1.807) is 32.9 Å². The number of nitrogens with one attached hydrogen (secondary N) is 1. The highest BCUT2D eigenvalue weighted by Gasteiger charge is 2.15. The Morgan fingerprint density at radius 3 is 2.78 bits per heavy atom. The van der Waals surface area contributed by atoms with E-state index in [0.717, 1.165) is 4.47 Å². The van der Waals surface area contributed by atoms with Gasteiger partial charge in [0, 0.05) is 10.0 Å². The molecule has 1 rings (SSSR count). The van der Waals surface area contributed by atoms with Gasteiger partial charge in [0.2, 0.25) is 0 Å². The minimum absolute atomic E-state index is 0.0768. The Bertz CT molecular complexity index is 467. The molecule has 0 aliphatic rings. The maximum absolute atomic E-state index is 11.3. The fourth-order valence-electron chi connectivity index (χ4n) is 1.08. The monoisotopic (exact) mass is 314 g/mol. The van der Waals surface area contributed by atoms with Crippen molar-refractivity contribution in [3.63, 3.8) is 0 Å². The third kappa shape index (κ3) is 5.18. The summed E-state index contributed by atoms with van der Waals surface area (Å²) in [7, 11) is 0. The second-order valence-electron chi connectivity index (χ2n) is 4.58. The number of hydrogen-bond acceptors (Lipinski definition) is 4. The molecule has 98 valence electrons. The van der Waals surface area contributed by atoms with Gasteiger partial charge in [-0.3, -0.25) is 0 Å². The van der Waals surface area contributed by atoms with Crippen LogP contribution in [0.2, 0.25) is 0 Å². The van der Waals surface area contributed by atoms with E-state index in [4.69, 9.17) is 4.74 Å². The van der Waals surface area contributed by atoms with Crippen LogP contribution in [0, 0.1) is 0 Å². The van der Waals surface area contributed by atoms with Gasteiger partial charge in [0.1, 0.15) is 11.4 Å². The second kappa shape index (κ2) is 5.86. The zero-order valence-corrected chi connectivity index (χ0v) is 12.0. The molecule has 0 aliphatic carbocycles. The van der Waals surface area contributed by atoms with Crippen molar-refractivity contribution in [2.45, 2.75) is 26.4 Å². The van der Waals surface area contributed by atoms with Crippen LogP contribution >= 0.6 is 15.9 Å². The molecule has 0 bridgehead atoms. The number of hydrazone groups is 1. The first-order valence-electron chi connectivity index (χ1n) is 5.28. The minimum atomic E-state index is -0.645. The summed E-state index contributed by atoms with van der Waals surface area (Å²) in [5, 5.41) is 13.2.